The molecule has 1 aliphatic carbocycles. The Kier molecular flexibility index (Phi) is 8.31. The highest BCUT2D eigenvalue weighted by Crippen LogP contribution is 2.24. The molecule has 0 unspecified atom stereocenters. The molecule has 0 saturated carbocycles. The lowest BCUT2D eigenvalue weighted by molar-refractivity contribution is -0.132. The maximum atomic E-state index is 11.3. The van der Waals surface area contributed by atoms with E-state index in [4.69, 9.17) is 0 Å². The Hall–Kier alpha value is -1.90. The highest BCUT2D eigenvalue weighted by atomic mass is 16.4. The van der Waals surface area contributed by atoms with Gasteiger partial charge in [0.1, 0.15) is 6.29 Å². The molecule has 1 aliphatic rings. The lowest BCUT2D eigenvalue weighted by atomic mass is 9.89. The van der Waals surface area contributed by atoms with Crippen molar-refractivity contribution in [2.24, 2.45) is 5.92 Å². The summed E-state index contributed by atoms with van der Waals surface area (Å²) in [4.78, 5) is 22.5. The molecule has 23 heavy (non-hydrogen) atoms. The van der Waals surface area contributed by atoms with Crippen molar-refractivity contribution >= 4 is 12.3 Å². The van der Waals surface area contributed by atoms with Gasteiger partial charge in [0.2, 0.25) is 0 Å². The highest BCUT2D eigenvalue weighted by molar-refractivity contribution is 5.86. The fourth-order valence-corrected chi connectivity index (χ4v) is 2.74. The van der Waals surface area contributed by atoms with Crippen LogP contribution in [0.2, 0.25) is 0 Å². The first-order valence-corrected chi connectivity index (χ1v) is 8.31. The van der Waals surface area contributed by atoms with Crippen LogP contribution in [-0.4, -0.2) is 17.4 Å². The average molecular weight is 316 g/mol. The van der Waals surface area contributed by atoms with Gasteiger partial charge in [0.15, 0.2) is 0 Å². The van der Waals surface area contributed by atoms with Gasteiger partial charge in [-0.05, 0) is 70.3 Å². The zero-order valence-electron chi connectivity index (χ0n) is 14.3. The molecule has 0 radical (unpaired) electrons. The van der Waals surface area contributed by atoms with Gasteiger partial charge in [-0.15, -0.1) is 0 Å². The van der Waals surface area contributed by atoms with Gasteiger partial charge in [0, 0.05) is 5.57 Å². The summed E-state index contributed by atoms with van der Waals surface area (Å²) in [6.07, 6.45) is 12.1. The molecule has 0 fully saturated rings. The number of carbonyl (C=O) groups excluding carboxylic acids is 1. The van der Waals surface area contributed by atoms with Crippen molar-refractivity contribution in [3.63, 3.8) is 0 Å². The normalized spacial score (nSPS) is 28.1. The van der Waals surface area contributed by atoms with Crippen molar-refractivity contribution in [3.05, 3.63) is 47.1 Å². The number of hydrogen-bond acceptors (Lipinski definition) is 2. The molecular weight excluding hydrogens is 288 g/mol. The summed E-state index contributed by atoms with van der Waals surface area (Å²) in [6, 6.07) is 0. The van der Waals surface area contributed by atoms with Gasteiger partial charge in [-0.3, -0.25) is 4.79 Å². The first-order valence-electron chi connectivity index (χ1n) is 8.31. The van der Waals surface area contributed by atoms with E-state index in [9.17, 15) is 14.7 Å². The molecule has 1 N–H and O–H groups in total. The summed E-state index contributed by atoms with van der Waals surface area (Å²) in [7, 11) is 0. The minimum Gasteiger partial charge on any atom is -0.478 e. The highest BCUT2D eigenvalue weighted by Gasteiger charge is 2.11. The Morgan fingerprint density at radius 2 is 1.91 bits per heavy atom. The Labute approximate surface area is 139 Å². The second-order valence-electron chi connectivity index (χ2n) is 6.38. The van der Waals surface area contributed by atoms with Crippen molar-refractivity contribution in [3.8, 4) is 0 Å². The SMILES string of the molecule is C=C(C)[C@H]1C/C=C(\C)CC/C=C(/C(=O)O)CC/C=C(/C=O)CC1. The van der Waals surface area contributed by atoms with E-state index in [2.05, 4.69) is 19.6 Å². The van der Waals surface area contributed by atoms with Crippen molar-refractivity contribution < 1.29 is 14.7 Å². The minimum atomic E-state index is -0.859. The van der Waals surface area contributed by atoms with E-state index < -0.39 is 5.97 Å². The predicted molar refractivity (Wildman–Crippen MR) is 94.2 cm³/mol. The maximum absolute atomic E-state index is 11.3. The summed E-state index contributed by atoms with van der Waals surface area (Å²) in [5, 5.41) is 9.25. The molecule has 126 valence electrons. The van der Waals surface area contributed by atoms with E-state index in [-0.39, 0.29) is 0 Å². The van der Waals surface area contributed by atoms with Gasteiger partial charge >= 0.3 is 5.97 Å². The van der Waals surface area contributed by atoms with Gasteiger partial charge in [-0.25, -0.2) is 4.79 Å². The minimum absolute atomic E-state index is 0.390. The predicted octanol–water partition coefficient (Wildman–Crippen LogP) is 5.01. The molecule has 1 atom stereocenters. The van der Waals surface area contributed by atoms with E-state index in [1.165, 1.54) is 5.57 Å². The van der Waals surface area contributed by atoms with Gasteiger partial charge in [-0.2, -0.15) is 0 Å². The zero-order valence-corrected chi connectivity index (χ0v) is 14.3. The molecule has 0 aromatic heterocycles. The van der Waals surface area contributed by atoms with E-state index in [1.54, 1.807) is 0 Å². The molecule has 0 aliphatic heterocycles. The van der Waals surface area contributed by atoms with Gasteiger partial charge in [-0.1, -0.05) is 36.0 Å². The molecule has 0 amide bonds. The number of aldehydes is 1. The van der Waals surface area contributed by atoms with Crippen molar-refractivity contribution in [2.75, 3.05) is 0 Å². The van der Waals surface area contributed by atoms with Crippen LogP contribution in [0.25, 0.3) is 0 Å². The molecule has 0 aromatic carbocycles. The molecule has 0 aromatic rings. The summed E-state index contributed by atoms with van der Waals surface area (Å²) in [5.41, 5.74) is 3.63. The Bertz CT molecular complexity index is 535. The summed E-state index contributed by atoms with van der Waals surface area (Å²) in [5.74, 6) is -0.469. The van der Waals surface area contributed by atoms with Crippen molar-refractivity contribution in [1.29, 1.82) is 0 Å². The molecule has 3 nitrogen and oxygen atoms in total. The quantitative estimate of drug-likeness (QED) is 0.588. The van der Waals surface area contributed by atoms with Crippen molar-refractivity contribution in [1.82, 2.24) is 0 Å². The van der Waals surface area contributed by atoms with E-state index in [1.807, 2.05) is 19.1 Å². The molecule has 0 saturated heterocycles. The number of carboxylic acids is 1. The first-order chi connectivity index (χ1) is 10.9. The van der Waals surface area contributed by atoms with Crippen LogP contribution < -0.4 is 0 Å². The number of carbonyl (C=O) groups is 2. The van der Waals surface area contributed by atoms with Crippen LogP contribution in [0.3, 0.4) is 0 Å². The summed E-state index contributed by atoms with van der Waals surface area (Å²) in [6.45, 7) is 8.21. The second-order valence-corrected chi connectivity index (χ2v) is 6.38. The van der Waals surface area contributed by atoms with Crippen LogP contribution in [0, 0.1) is 5.92 Å². The van der Waals surface area contributed by atoms with Gasteiger partial charge in [0.25, 0.3) is 0 Å². The molecule has 0 heterocycles. The monoisotopic (exact) mass is 316 g/mol. The third-order valence-electron chi connectivity index (χ3n) is 4.40. The molecule has 0 bridgehead atoms. The second kappa shape index (κ2) is 9.98. The van der Waals surface area contributed by atoms with Crippen LogP contribution in [0.4, 0.5) is 0 Å². The third kappa shape index (κ3) is 7.27. The van der Waals surface area contributed by atoms with Crippen LogP contribution in [-0.2, 0) is 9.59 Å². The van der Waals surface area contributed by atoms with Crippen LogP contribution in [0.15, 0.2) is 47.1 Å². The van der Waals surface area contributed by atoms with Crippen LogP contribution in [0.1, 0.15) is 58.8 Å². The Morgan fingerprint density at radius 1 is 1.22 bits per heavy atom. The van der Waals surface area contributed by atoms with Gasteiger partial charge < -0.3 is 5.11 Å². The number of rotatable bonds is 3. The largest absolute Gasteiger partial charge is 0.478 e. The molecule has 3 heteroatoms. The van der Waals surface area contributed by atoms with E-state index in [0.717, 1.165) is 49.5 Å². The Balaban J connectivity index is 2.95. The van der Waals surface area contributed by atoms with Crippen molar-refractivity contribution in [2.45, 2.75) is 58.8 Å². The smallest absolute Gasteiger partial charge is 0.331 e. The first kappa shape index (κ1) is 19.1. The van der Waals surface area contributed by atoms with E-state index in [0.29, 0.717) is 24.3 Å². The zero-order chi connectivity index (χ0) is 17.2. The maximum Gasteiger partial charge on any atom is 0.331 e. The molecule has 1 rings (SSSR count). The van der Waals surface area contributed by atoms with E-state index >= 15 is 0 Å². The standard InChI is InChI=1S/C20H28O3/c1-15(2)18-12-10-16(3)6-4-8-19(20(22)23)9-5-7-17(14-21)11-13-18/h7-8,10,14,18H,1,4-6,9,11-13H2,2-3H3,(H,22,23)/b16-10+,17-7+,19-8+/t18-/m0/s1. The number of aliphatic carboxylic acids is 1. The van der Waals surface area contributed by atoms with Crippen LogP contribution in [0.5, 0.6) is 0 Å². The molecular formula is C20H28O3. The van der Waals surface area contributed by atoms with Gasteiger partial charge in [0.05, 0.1) is 0 Å². The lowest BCUT2D eigenvalue weighted by Crippen LogP contribution is -2.03. The Morgan fingerprint density at radius 3 is 2.52 bits per heavy atom. The summed E-state index contributed by atoms with van der Waals surface area (Å²) >= 11 is 0. The molecule has 0 spiro atoms. The lowest BCUT2D eigenvalue weighted by Gasteiger charge is -2.16. The average Bonchev–Trinajstić information content (AvgIpc) is 2.50. The topological polar surface area (TPSA) is 54.4 Å². The number of allylic oxidation sites excluding steroid dienone is 6. The summed E-state index contributed by atoms with van der Waals surface area (Å²) < 4.78 is 0. The fraction of sp³-hybridized carbons (Fsp3) is 0.500. The van der Waals surface area contributed by atoms with Crippen LogP contribution >= 0.6 is 0 Å². The third-order valence-corrected chi connectivity index (χ3v) is 4.40. The number of hydrogen-bond donors (Lipinski definition) is 1. The fourth-order valence-electron chi connectivity index (χ4n) is 2.74. The number of carboxylic acid groups (broad SMARTS) is 1.